The fourth-order valence-electron chi connectivity index (χ4n) is 2.47. The third kappa shape index (κ3) is 1.98. The second-order valence-electron chi connectivity index (χ2n) is 4.68. The second kappa shape index (κ2) is 4.20. The molecular weight excluding hydrogens is 220 g/mol. The topological polar surface area (TPSA) is 58.9 Å². The summed E-state index contributed by atoms with van der Waals surface area (Å²) in [6.45, 7) is 0.310. The summed E-state index contributed by atoms with van der Waals surface area (Å²) in [5.41, 5.74) is 0.810. The average molecular weight is 236 g/mol. The standard InChI is InChI=1S/C13H16O4/c14-10-2-1-3-12(10)17-8-4-5-9-11(15)7-16-13(9)6-8/h4-6,10-12,14-15H,1-3,7H2. The summed E-state index contributed by atoms with van der Waals surface area (Å²) in [6.07, 6.45) is 1.70. The fraction of sp³-hybridized carbons (Fsp3) is 0.538. The van der Waals surface area contributed by atoms with Crippen molar-refractivity contribution in [3.8, 4) is 11.5 Å². The molecule has 0 saturated heterocycles. The Balaban J connectivity index is 1.76. The van der Waals surface area contributed by atoms with Crippen molar-refractivity contribution >= 4 is 0 Å². The van der Waals surface area contributed by atoms with E-state index in [0.717, 1.165) is 24.8 Å². The van der Waals surface area contributed by atoms with E-state index in [2.05, 4.69) is 0 Å². The van der Waals surface area contributed by atoms with Gasteiger partial charge < -0.3 is 19.7 Å². The molecule has 0 bridgehead atoms. The van der Waals surface area contributed by atoms with Gasteiger partial charge in [-0.15, -0.1) is 0 Å². The monoisotopic (exact) mass is 236 g/mol. The van der Waals surface area contributed by atoms with E-state index in [-0.39, 0.29) is 12.2 Å². The molecular formula is C13H16O4. The van der Waals surface area contributed by atoms with Crippen molar-refractivity contribution in [2.24, 2.45) is 0 Å². The van der Waals surface area contributed by atoms with E-state index in [1.165, 1.54) is 0 Å². The highest BCUT2D eigenvalue weighted by molar-refractivity contribution is 5.44. The molecule has 0 aromatic heterocycles. The Morgan fingerprint density at radius 2 is 2.12 bits per heavy atom. The first-order valence-electron chi connectivity index (χ1n) is 6.03. The summed E-state index contributed by atoms with van der Waals surface area (Å²) in [4.78, 5) is 0. The maximum Gasteiger partial charge on any atom is 0.129 e. The van der Waals surface area contributed by atoms with Crippen LogP contribution in [0.3, 0.4) is 0 Å². The van der Waals surface area contributed by atoms with E-state index in [1.807, 2.05) is 12.1 Å². The lowest BCUT2D eigenvalue weighted by atomic mass is 10.1. The number of aliphatic hydroxyl groups is 2. The Kier molecular flexibility index (Phi) is 2.68. The number of aliphatic hydroxyl groups excluding tert-OH is 2. The molecule has 92 valence electrons. The molecule has 2 aliphatic rings. The van der Waals surface area contributed by atoms with Gasteiger partial charge in [-0.05, 0) is 31.4 Å². The number of rotatable bonds is 2. The fourth-order valence-corrected chi connectivity index (χ4v) is 2.47. The summed E-state index contributed by atoms with van der Waals surface area (Å²) < 4.78 is 11.1. The molecule has 1 saturated carbocycles. The van der Waals surface area contributed by atoms with Crippen LogP contribution in [0, 0.1) is 0 Å². The zero-order chi connectivity index (χ0) is 11.8. The van der Waals surface area contributed by atoms with Crippen LogP contribution >= 0.6 is 0 Å². The van der Waals surface area contributed by atoms with Gasteiger partial charge in [0.25, 0.3) is 0 Å². The van der Waals surface area contributed by atoms with Crippen molar-refractivity contribution in [3.05, 3.63) is 23.8 Å². The predicted octanol–water partition coefficient (Wildman–Crippen LogP) is 1.40. The minimum Gasteiger partial charge on any atom is -0.490 e. The van der Waals surface area contributed by atoms with Gasteiger partial charge in [0.05, 0.1) is 6.10 Å². The molecule has 1 aromatic rings. The van der Waals surface area contributed by atoms with E-state index >= 15 is 0 Å². The van der Waals surface area contributed by atoms with Crippen molar-refractivity contribution in [3.63, 3.8) is 0 Å². The van der Waals surface area contributed by atoms with Crippen LogP contribution in [-0.2, 0) is 0 Å². The third-order valence-electron chi connectivity index (χ3n) is 3.45. The lowest BCUT2D eigenvalue weighted by Crippen LogP contribution is -2.25. The Labute approximate surface area is 99.8 Å². The highest BCUT2D eigenvalue weighted by atomic mass is 16.5. The second-order valence-corrected chi connectivity index (χ2v) is 4.68. The third-order valence-corrected chi connectivity index (χ3v) is 3.45. The molecule has 0 amide bonds. The van der Waals surface area contributed by atoms with Gasteiger partial charge in [0, 0.05) is 11.6 Å². The zero-order valence-electron chi connectivity index (χ0n) is 9.50. The quantitative estimate of drug-likeness (QED) is 0.815. The largest absolute Gasteiger partial charge is 0.490 e. The molecule has 4 heteroatoms. The highest BCUT2D eigenvalue weighted by Gasteiger charge is 2.28. The van der Waals surface area contributed by atoms with Gasteiger partial charge in [-0.25, -0.2) is 0 Å². The number of hydrogen-bond donors (Lipinski definition) is 2. The number of ether oxygens (including phenoxy) is 2. The van der Waals surface area contributed by atoms with E-state index in [9.17, 15) is 10.2 Å². The number of hydrogen-bond acceptors (Lipinski definition) is 4. The molecule has 2 N–H and O–H groups in total. The van der Waals surface area contributed by atoms with Crippen molar-refractivity contribution in [1.29, 1.82) is 0 Å². The van der Waals surface area contributed by atoms with Crippen LogP contribution in [0.2, 0.25) is 0 Å². The molecule has 3 atom stereocenters. The lowest BCUT2D eigenvalue weighted by molar-refractivity contribution is 0.0602. The summed E-state index contributed by atoms with van der Waals surface area (Å²) in [7, 11) is 0. The maximum atomic E-state index is 9.69. The van der Waals surface area contributed by atoms with Gasteiger partial charge in [-0.2, -0.15) is 0 Å². The van der Waals surface area contributed by atoms with E-state index in [1.54, 1.807) is 6.07 Å². The van der Waals surface area contributed by atoms with E-state index in [0.29, 0.717) is 18.1 Å². The highest BCUT2D eigenvalue weighted by Crippen LogP contribution is 2.36. The Hall–Kier alpha value is -1.26. The summed E-state index contributed by atoms with van der Waals surface area (Å²) in [6, 6.07) is 5.43. The van der Waals surface area contributed by atoms with Crippen molar-refractivity contribution in [1.82, 2.24) is 0 Å². The molecule has 0 spiro atoms. The number of benzene rings is 1. The molecule has 0 radical (unpaired) electrons. The predicted molar refractivity (Wildman–Crippen MR) is 61.2 cm³/mol. The summed E-state index contributed by atoms with van der Waals surface area (Å²) in [5.74, 6) is 1.38. The average Bonchev–Trinajstić information content (AvgIpc) is 2.87. The van der Waals surface area contributed by atoms with Crippen molar-refractivity contribution in [2.45, 2.75) is 37.6 Å². The van der Waals surface area contributed by atoms with Gasteiger partial charge in [0.15, 0.2) is 0 Å². The Bertz CT molecular complexity index is 418. The first-order chi connectivity index (χ1) is 8.24. The van der Waals surface area contributed by atoms with E-state index in [4.69, 9.17) is 9.47 Å². The van der Waals surface area contributed by atoms with Crippen LogP contribution in [0.25, 0.3) is 0 Å². The number of fused-ring (bicyclic) bond motifs is 1. The van der Waals surface area contributed by atoms with Crippen LogP contribution in [0.4, 0.5) is 0 Å². The first kappa shape index (κ1) is 10.9. The van der Waals surface area contributed by atoms with Crippen molar-refractivity contribution in [2.75, 3.05) is 6.61 Å². The van der Waals surface area contributed by atoms with Gasteiger partial charge in [-0.3, -0.25) is 0 Å². The van der Waals surface area contributed by atoms with Gasteiger partial charge in [0.1, 0.15) is 30.3 Å². The Morgan fingerprint density at radius 3 is 2.88 bits per heavy atom. The molecule has 1 heterocycles. The molecule has 1 aromatic carbocycles. The van der Waals surface area contributed by atoms with Crippen LogP contribution in [-0.4, -0.2) is 29.0 Å². The van der Waals surface area contributed by atoms with Gasteiger partial charge in [-0.1, -0.05) is 0 Å². The van der Waals surface area contributed by atoms with Gasteiger partial charge in [0.2, 0.25) is 0 Å². The molecule has 1 fully saturated rings. The normalized spacial score (nSPS) is 31.1. The molecule has 3 rings (SSSR count). The molecule has 1 aliphatic carbocycles. The molecule has 1 aliphatic heterocycles. The Morgan fingerprint density at radius 1 is 1.24 bits per heavy atom. The van der Waals surface area contributed by atoms with Crippen LogP contribution in [0.1, 0.15) is 30.9 Å². The SMILES string of the molecule is OC1COc2cc(OC3CCCC3O)ccc21. The minimum absolute atomic E-state index is 0.112. The minimum atomic E-state index is -0.531. The van der Waals surface area contributed by atoms with Crippen LogP contribution < -0.4 is 9.47 Å². The van der Waals surface area contributed by atoms with Crippen LogP contribution in [0.5, 0.6) is 11.5 Å². The van der Waals surface area contributed by atoms with Crippen molar-refractivity contribution < 1.29 is 19.7 Å². The smallest absolute Gasteiger partial charge is 0.129 e. The summed E-state index contributed by atoms with van der Waals surface area (Å²) >= 11 is 0. The molecule has 17 heavy (non-hydrogen) atoms. The first-order valence-corrected chi connectivity index (χ1v) is 6.03. The molecule has 4 nitrogen and oxygen atoms in total. The maximum absolute atomic E-state index is 9.69. The summed E-state index contributed by atoms with van der Waals surface area (Å²) in [5, 5.41) is 19.3. The lowest BCUT2D eigenvalue weighted by Gasteiger charge is -2.17. The van der Waals surface area contributed by atoms with Crippen LogP contribution in [0.15, 0.2) is 18.2 Å². The zero-order valence-corrected chi connectivity index (χ0v) is 9.50. The van der Waals surface area contributed by atoms with E-state index < -0.39 is 6.10 Å². The molecule has 3 unspecified atom stereocenters. The van der Waals surface area contributed by atoms with Gasteiger partial charge >= 0.3 is 0 Å².